The number of nitrogens with one attached hydrogen (secondary N) is 1. The quantitative estimate of drug-likeness (QED) is 0.808. The van der Waals surface area contributed by atoms with Crippen LogP contribution in [-0.2, 0) is 0 Å². The lowest BCUT2D eigenvalue weighted by molar-refractivity contribution is 0.374. The highest BCUT2D eigenvalue weighted by Crippen LogP contribution is 2.19. The van der Waals surface area contributed by atoms with Crippen LogP contribution in [0.25, 0.3) is 0 Å². The van der Waals surface area contributed by atoms with Gasteiger partial charge < -0.3 is 10.1 Å². The highest BCUT2D eigenvalue weighted by Gasteiger charge is 2.14. The molecule has 15 heavy (non-hydrogen) atoms. The summed E-state index contributed by atoms with van der Waals surface area (Å²) >= 11 is 0. The van der Waals surface area contributed by atoms with Gasteiger partial charge in [-0.1, -0.05) is 20.8 Å². The Kier molecular flexibility index (Phi) is 3.88. The molecule has 0 amide bonds. The van der Waals surface area contributed by atoms with Crippen molar-refractivity contribution in [2.24, 2.45) is 5.41 Å². The molecule has 1 heterocycles. The molecule has 4 nitrogen and oxygen atoms in total. The predicted octanol–water partition coefficient (Wildman–Crippen LogP) is 2.33. The van der Waals surface area contributed by atoms with Crippen LogP contribution >= 0.6 is 0 Å². The molecule has 0 atom stereocenters. The molecule has 0 aliphatic carbocycles. The van der Waals surface area contributed by atoms with Crippen LogP contribution in [0.15, 0.2) is 12.3 Å². The van der Waals surface area contributed by atoms with Gasteiger partial charge in [0.15, 0.2) is 0 Å². The van der Waals surface area contributed by atoms with Crippen LogP contribution in [0.3, 0.4) is 0 Å². The number of anilines is 1. The third kappa shape index (κ3) is 3.73. The monoisotopic (exact) mass is 209 g/mol. The predicted molar refractivity (Wildman–Crippen MR) is 61.1 cm³/mol. The van der Waals surface area contributed by atoms with Crippen molar-refractivity contribution in [2.75, 3.05) is 19.0 Å². The lowest BCUT2D eigenvalue weighted by Gasteiger charge is -2.22. The summed E-state index contributed by atoms with van der Waals surface area (Å²) in [6.45, 7) is 7.45. The smallest absolute Gasteiger partial charge is 0.225 e. The van der Waals surface area contributed by atoms with E-state index in [0.717, 1.165) is 13.0 Å². The van der Waals surface area contributed by atoms with Crippen molar-refractivity contribution in [3.05, 3.63) is 12.3 Å². The number of hydrogen-bond acceptors (Lipinski definition) is 4. The SMILES string of the molecule is CCC(C)(C)CNc1nccc(OC)n1. The van der Waals surface area contributed by atoms with Crippen molar-refractivity contribution >= 4 is 5.95 Å². The van der Waals surface area contributed by atoms with E-state index in [4.69, 9.17) is 4.74 Å². The van der Waals surface area contributed by atoms with Crippen LogP contribution in [0.1, 0.15) is 27.2 Å². The lowest BCUT2D eigenvalue weighted by atomic mass is 9.90. The maximum Gasteiger partial charge on any atom is 0.225 e. The minimum Gasteiger partial charge on any atom is -0.481 e. The van der Waals surface area contributed by atoms with Gasteiger partial charge >= 0.3 is 0 Å². The van der Waals surface area contributed by atoms with Gasteiger partial charge in [-0.2, -0.15) is 4.98 Å². The van der Waals surface area contributed by atoms with Crippen molar-refractivity contribution in [1.82, 2.24) is 9.97 Å². The van der Waals surface area contributed by atoms with Gasteiger partial charge in [0.05, 0.1) is 7.11 Å². The van der Waals surface area contributed by atoms with Gasteiger partial charge in [-0.25, -0.2) is 4.98 Å². The first-order chi connectivity index (χ1) is 7.07. The average molecular weight is 209 g/mol. The van der Waals surface area contributed by atoms with Crippen molar-refractivity contribution in [2.45, 2.75) is 27.2 Å². The fourth-order valence-corrected chi connectivity index (χ4v) is 0.984. The molecule has 0 aliphatic rings. The molecule has 0 aromatic carbocycles. The molecule has 0 fully saturated rings. The zero-order valence-corrected chi connectivity index (χ0v) is 9.87. The minimum absolute atomic E-state index is 0.256. The number of aromatic nitrogens is 2. The Balaban J connectivity index is 2.57. The first kappa shape index (κ1) is 11.8. The van der Waals surface area contributed by atoms with Gasteiger partial charge in [0.25, 0.3) is 0 Å². The third-order valence-electron chi connectivity index (χ3n) is 2.52. The third-order valence-corrected chi connectivity index (χ3v) is 2.52. The van der Waals surface area contributed by atoms with Gasteiger partial charge in [0, 0.05) is 18.8 Å². The summed E-state index contributed by atoms with van der Waals surface area (Å²) in [6.07, 6.45) is 2.80. The van der Waals surface area contributed by atoms with Crippen LogP contribution in [0.5, 0.6) is 5.88 Å². The van der Waals surface area contributed by atoms with E-state index in [1.165, 1.54) is 0 Å². The van der Waals surface area contributed by atoms with E-state index < -0.39 is 0 Å². The maximum absolute atomic E-state index is 5.02. The number of ether oxygens (including phenoxy) is 1. The second-order valence-corrected chi connectivity index (χ2v) is 4.29. The van der Waals surface area contributed by atoms with Crippen LogP contribution in [0.4, 0.5) is 5.95 Å². The molecule has 1 aromatic heterocycles. The molecule has 1 aromatic rings. The Morgan fingerprint density at radius 1 is 1.47 bits per heavy atom. The van der Waals surface area contributed by atoms with Crippen LogP contribution in [0, 0.1) is 5.41 Å². The average Bonchev–Trinajstić information content (AvgIpc) is 2.27. The Morgan fingerprint density at radius 2 is 2.20 bits per heavy atom. The van der Waals surface area contributed by atoms with E-state index in [0.29, 0.717) is 11.8 Å². The number of rotatable bonds is 5. The molecule has 84 valence electrons. The van der Waals surface area contributed by atoms with Crippen molar-refractivity contribution in [1.29, 1.82) is 0 Å². The summed E-state index contributed by atoms with van der Waals surface area (Å²) in [7, 11) is 1.60. The van der Waals surface area contributed by atoms with E-state index in [1.807, 2.05) is 0 Å². The van der Waals surface area contributed by atoms with Gasteiger partial charge in [0.2, 0.25) is 11.8 Å². The normalized spacial score (nSPS) is 11.2. The molecule has 0 spiro atoms. The molecule has 1 N–H and O–H groups in total. The minimum atomic E-state index is 0.256. The second-order valence-electron chi connectivity index (χ2n) is 4.29. The van der Waals surface area contributed by atoms with E-state index in [1.54, 1.807) is 19.4 Å². The Hall–Kier alpha value is -1.32. The first-order valence-corrected chi connectivity index (χ1v) is 5.18. The number of hydrogen-bond donors (Lipinski definition) is 1. The van der Waals surface area contributed by atoms with Gasteiger partial charge in [-0.15, -0.1) is 0 Å². The molecular formula is C11H19N3O. The molecule has 4 heteroatoms. The summed E-state index contributed by atoms with van der Waals surface area (Å²) in [6, 6.07) is 1.73. The molecular weight excluding hydrogens is 190 g/mol. The Labute approximate surface area is 91.1 Å². The summed E-state index contributed by atoms with van der Waals surface area (Å²) in [5.41, 5.74) is 0.256. The van der Waals surface area contributed by atoms with Crippen LogP contribution in [-0.4, -0.2) is 23.6 Å². The fourth-order valence-electron chi connectivity index (χ4n) is 0.984. The number of methoxy groups -OCH3 is 1. The summed E-state index contributed by atoms with van der Waals surface area (Å²) in [5.74, 6) is 1.21. The van der Waals surface area contributed by atoms with Crippen molar-refractivity contribution in [3.63, 3.8) is 0 Å². The van der Waals surface area contributed by atoms with Gasteiger partial charge in [-0.3, -0.25) is 0 Å². The molecule has 0 unspecified atom stereocenters. The Morgan fingerprint density at radius 3 is 2.80 bits per heavy atom. The fraction of sp³-hybridized carbons (Fsp3) is 0.636. The number of nitrogens with zero attached hydrogens (tertiary/aromatic N) is 2. The van der Waals surface area contributed by atoms with E-state index in [2.05, 4.69) is 36.1 Å². The first-order valence-electron chi connectivity index (χ1n) is 5.18. The largest absolute Gasteiger partial charge is 0.481 e. The lowest BCUT2D eigenvalue weighted by Crippen LogP contribution is -2.22. The maximum atomic E-state index is 5.02. The highest BCUT2D eigenvalue weighted by atomic mass is 16.5. The molecule has 1 rings (SSSR count). The zero-order valence-electron chi connectivity index (χ0n) is 9.87. The standard InChI is InChI=1S/C11H19N3O/c1-5-11(2,3)8-13-10-12-7-6-9(14-10)15-4/h6-7H,5,8H2,1-4H3,(H,12,13,14). The summed E-state index contributed by atoms with van der Waals surface area (Å²) in [5, 5.41) is 3.21. The van der Waals surface area contributed by atoms with Gasteiger partial charge in [0.1, 0.15) is 0 Å². The summed E-state index contributed by atoms with van der Waals surface area (Å²) < 4.78 is 5.02. The van der Waals surface area contributed by atoms with E-state index in [-0.39, 0.29) is 5.41 Å². The van der Waals surface area contributed by atoms with Crippen molar-refractivity contribution in [3.8, 4) is 5.88 Å². The molecule has 0 radical (unpaired) electrons. The Bertz CT molecular complexity index is 312. The van der Waals surface area contributed by atoms with Crippen LogP contribution < -0.4 is 10.1 Å². The molecule has 0 saturated carbocycles. The topological polar surface area (TPSA) is 47.0 Å². The molecule has 0 bridgehead atoms. The van der Waals surface area contributed by atoms with Crippen molar-refractivity contribution < 1.29 is 4.74 Å². The summed E-state index contributed by atoms with van der Waals surface area (Å²) in [4.78, 5) is 8.31. The highest BCUT2D eigenvalue weighted by molar-refractivity contribution is 5.27. The second kappa shape index (κ2) is 4.96. The van der Waals surface area contributed by atoms with E-state index >= 15 is 0 Å². The zero-order chi connectivity index (χ0) is 11.3. The van der Waals surface area contributed by atoms with Crippen LogP contribution in [0.2, 0.25) is 0 Å². The molecule has 0 aliphatic heterocycles. The van der Waals surface area contributed by atoms with E-state index in [9.17, 15) is 0 Å². The van der Waals surface area contributed by atoms with Gasteiger partial charge in [-0.05, 0) is 11.8 Å². The molecule has 0 saturated heterocycles.